The quantitative estimate of drug-likeness (QED) is 0.186. The smallest absolute Gasteiger partial charge is 0.164 e. The minimum atomic E-state index is 0.661. The zero-order valence-electron chi connectivity index (χ0n) is 27.9. The van der Waals surface area contributed by atoms with E-state index in [2.05, 4.69) is 138 Å². The number of hydrogen-bond acceptors (Lipinski definition) is 4. The van der Waals surface area contributed by atoms with E-state index in [-0.39, 0.29) is 0 Å². The highest BCUT2D eigenvalue weighted by Gasteiger charge is 2.19. The summed E-state index contributed by atoms with van der Waals surface area (Å²) in [5.41, 5.74) is 6.50. The lowest BCUT2D eigenvalue weighted by Crippen LogP contribution is -2.00. The van der Waals surface area contributed by atoms with Crippen LogP contribution in [0.15, 0.2) is 170 Å². The first kappa shape index (κ1) is 29.1. The summed E-state index contributed by atoms with van der Waals surface area (Å²) in [5.74, 6) is 1.99. The van der Waals surface area contributed by atoms with Crippen LogP contribution in [0.1, 0.15) is 0 Å². The third kappa shape index (κ3) is 4.50. The Kier molecular flexibility index (Phi) is 6.39. The molecule has 5 heteroatoms. The van der Waals surface area contributed by atoms with Gasteiger partial charge in [0.2, 0.25) is 0 Å². The Morgan fingerprint density at radius 3 is 1.71 bits per heavy atom. The van der Waals surface area contributed by atoms with Gasteiger partial charge in [0.15, 0.2) is 17.5 Å². The van der Waals surface area contributed by atoms with Crippen LogP contribution < -0.4 is 0 Å². The second-order valence-electron chi connectivity index (χ2n) is 13.2. The van der Waals surface area contributed by atoms with Crippen LogP contribution in [0.25, 0.3) is 103 Å². The lowest BCUT2D eigenvalue weighted by Gasteiger charge is -2.11. The van der Waals surface area contributed by atoms with Crippen molar-refractivity contribution in [3.63, 3.8) is 0 Å². The lowest BCUT2D eigenvalue weighted by molar-refractivity contribution is 1.08. The normalized spacial score (nSPS) is 11.8. The second kappa shape index (κ2) is 11.4. The molecule has 0 saturated heterocycles. The van der Waals surface area contributed by atoms with Gasteiger partial charge in [-0.05, 0) is 57.9 Å². The molecular formula is C47H28N4S. The Bertz CT molecular complexity index is 3120. The standard InChI is InChI=1S/C47H28N4S/c1-3-13-29(14-4-1)45-48-46(30-15-5-2-6-16-30)50-47(49-45)39-28-43-44(36-21-10-9-19-34(36)39)37-24-23-33(27-42(37)52-43)51-40-22-12-11-20-35(40)38-25-31-17-7-8-18-32(31)26-41(38)51/h1-28H. The minimum absolute atomic E-state index is 0.661. The van der Waals surface area contributed by atoms with E-state index >= 15 is 0 Å². The molecule has 242 valence electrons. The molecule has 0 spiro atoms. The molecule has 0 bridgehead atoms. The van der Waals surface area contributed by atoms with Gasteiger partial charge in [0, 0.05) is 53.3 Å². The van der Waals surface area contributed by atoms with E-state index < -0.39 is 0 Å². The Morgan fingerprint density at radius 1 is 0.385 bits per heavy atom. The maximum absolute atomic E-state index is 5.12. The monoisotopic (exact) mass is 680 g/mol. The minimum Gasteiger partial charge on any atom is -0.309 e. The van der Waals surface area contributed by atoms with Crippen molar-refractivity contribution < 1.29 is 0 Å². The van der Waals surface area contributed by atoms with E-state index in [1.54, 1.807) is 0 Å². The highest BCUT2D eigenvalue weighted by atomic mass is 32.1. The van der Waals surface area contributed by atoms with Crippen LogP contribution in [0.3, 0.4) is 0 Å². The molecule has 3 aromatic heterocycles. The van der Waals surface area contributed by atoms with Crippen LogP contribution in [0, 0.1) is 0 Å². The van der Waals surface area contributed by atoms with Crippen molar-refractivity contribution in [2.24, 2.45) is 0 Å². The molecule has 0 amide bonds. The van der Waals surface area contributed by atoms with E-state index in [4.69, 9.17) is 15.0 Å². The summed E-state index contributed by atoms with van der Waals surface area (Å²) in [4.78, 5) is 15.2. The summed E-state index contributed by atoms with van der Waals surface area (Å²) in [6, 6.07) is 60.3. The average Bonchev–Trinajstić information content (AvgIpc) is 3.75. The molecule has 0 saturated carbocycles. The SMILES string of the molecule is c1ccc(-c2nc(-c3ccccc3)nc(-c3cc4sc5cc(-n6c7ccccc7c7cc8ccccc8cc76)ccc5c4c4ccccc34)n2)cc1. The predicted molar refractivity (Wildman–Crippen MR) is 218 cm³/mol. The number of benzene rings is 8. The Morgan fingerprint density at radius 2 is 0.981 bits per heavy atom. The van der Waals surface area contributed by atoms with Crippen molar-refractivity contribution in [3.8, 4) is 39.9 Å². The van der Waals surface area contributed by atoms with E-state index in [1.165, 1.54) is 58.1 Å². The fourth-order valence-corrected chi connectivity index (χ4v) is 9.01. The second-order valence-corrected chi connectivity index (χ2v) is 14.3. The number of fused-ring (bicyclic) bond motifs is 9. The van der Waals surface area contributed by atoms with E-state index in [9.17, 15) is 0 Å². The first-order valence-corrected chi connectivity index (χ1v) is 18.3. The molecule has 8 aromatic carbocycles. The summed E-state index contributed by atoms with van der Waals surface area (Å²) in [6.45, 7) is 0. The number of nitrogens with zero attached hydrogens (tertiary/aromatic N) is 4. The van der Waals surface area contributed by atoms with Gasteiger partial charge in [-0.2, -0.15) is 0 Å². The van der Waals surface area contributed by atoms with E-state index in [1.807, 2.05) is 47.7 Å². The average molecular weight is 681 g/mol. The summed E-state index contributed by atoms with van der Waals surface area (Å²) in [6.07, 6.45) is 0. The van der Waals surface area contributed by atoms with Crippen LogP contribution in [-0.4, -0.2) is 19.5 Å². The van der Waals surface area contributed by atoms with Crippen LogP contribution in [0.2, 0.25) is 0 Å². The maximum atomic E-state index is 5.12. The summed E-state index contributed by atoms with van der Waals surface area (Å²) in [7, 11) is 0. The molecule has 0 aliphatic carbocycles. The van der Waals surface area contributed by atoms with Gasteiger partial charge >= 0.3 is 0 Å². The van der Waals surface area contributed by atoms with Gasteiger partial charge in [0.25, 0.3) is 0 Å². The van der Waals surface area contributed by atoms with E-state index in [0.717, 1.165) is 27.8 Å². The third-order valence-corrected chi connectivity index (χ3v) is 11.3. The first-order valence-electron chi connectivity index (χ1n) is 17.4. The molecule has 0 radical (unpaired) electrons. The molecule has 11 rings (SSSR count). The molecule has 0 N–H and O–H groups in total. The zero-order valence-corrected chi connectivity index (χ0v) is 28.7. The lowest BCUT2D eigenvalue weighted by atomic mass is 9.98. The number of rotatable bonds is 4. The summed E-state index contributed by atoms with van der Waals surface area (Å²) < 4.78 is 4.87. The van der Waals surface area contributed by atoms with Gasteiger partial charge in [0.05, 0.1) is 11.0 Å². The molecule has 0 aliphatic heterocycles. The van der Waals surface area contributed by atoms with Crippen LogP contribution >= 0.6 is 11.3 Å². The molecular weight excluding hydrogens is 653 g/mol. The Hall–Kier alpha value is -6.69. The molecule has 3 heterocycles. The molecule has 0 fully saturated rings. The van der Waals surface area contributed by atoms with Crippen LogP contribution in [0.5, 0.6) is 0 Å². The molecule has 11 aromatic rings. The number of aromatic nitrogens is 4. The third-order valence-electron chi connectivity index (χ3n) is 10.2. The first-order chi connectivity index (χ1) is 25.8. The fraction of sp³-hybridized carbons (Fsp3) is 0. The van der Waals surface area contributed by atoms with Crippen molar-refractivity contribution in [1.29, 1.82) is 0 Å². The van der Waals surface area contributed by atoms with Crippen molar-refractivity contribution >= 4 is 74.9 Å². The number of hydrogen-bond donors (Lipinski definition) is 0. The Balaban J connectivity index is 1.15. The number of para-hydroxylation sites is 1. The van der Waals surface area contributed by atoms with Crippen molar-refractivity contribution in [2.75, 3.05) is 0 Å². The van der Waals surface area contributed by atoms with Gasteiger partial charge in [0.1, 0.15) is 0 Å². The van der Waals surface area contributed by atoms with Gasteiger partial charge in [-0.25, -0.2) is 15.0 Å². The van der Waals surface area contributed by atoms with E-state index in [0.29, 0.717) is 17.5 Å². The molecule has 0 aliphatic rings. The van der Waals surface area contributed by atoms with Crippen molar-refractivity contribution in [1.82, 2.24) is 19.5 Å². The largest absolute Gasteiger partial charge is 0.309 e. The van der Waals surface area contributed by atoms with Gasteiger partial charge in [-0.15, -0.1) is 11.3 Å². The van der Waals surface area contributed by atoms with Crippen LogP contribution in [-0.2, 0) is 0 Å². The highest BCUT2D eigenvalue weighted by molar-refractivity contribution is 7.26. The maximum Gasteiger partial charge on any atom is 0.164 e. The summed E-state index contributed by atoms with van der Waals surface area (Å²) >= 11 is 1.83. The molecule has 52 heavy (non-hydrogen) atoms. The summed E-state index contributed by atoms with van der Waals surface area (Å²) in [5, 5.41) is 9.86. The van der Waals surface area contributed by atoms with Gasteiger partial charge < -0.3 is 4.57 Å². The van der Waals surface area contributed by atoms with Crippen molar-refractivity contribution in [2.45, 2.75) is 0 Å². The topological polar surface area (TPSA) is 43.6 Å². The predicted octanol–water partition coefficient (Wildman–Crippen LogP) is 12.6. The van der Waals surface area contributed by atoms with Crippen molar-refractivity contribution in [3.05, 3.63) is 170 Å². The van der Waals surface area contributed by atoms with Gasteiger partial charge in [-0.3, -0.25) is 0 Å². The molecule has 0 atom stereocenters. The zero-order chi connectivity index (χ0) is 34.2. The molecule has 4 nitrogen and oxygen atoms in total. The highest BCUT2D eigenvalue weighted by Crippen LogP contribution is 2.44. The molecule has 0 unspecified atom stereocenters. The fourth-order valence-electron chi connectivity index (χ4n) is 7.81. The number of thiophene rings is 1. The van der Waals surface area contributed by atoms with Crippen LogP contribution in [0.4, 0.5) is 0 Å². The Labute approximate surface area is 302 Å². The van der Waals surface area contributed by atoms with Gasteiger partial charge in [-0.1, -0.05) is 133 Å².